The number of benzene rings is 1. The Balaban J connectivity index is 2.11. The van der Waals surface area contributed by atoms with Gasteiger partial charge in [-0.3, -0.25) is 9.78 Å². The van der Waals surface area contributed by atoms with Crippen LogP contribution in [0.25, 0.3) is 0 Å². The van der Waals surface area contributed by atoms with Crippen molar-refractivity contribution in [1.29, 1.82) is 0 Å². The van der Waals surface area contributed by atoms with Crippen molar-refractivity contribution in [1.82, 2.24) is 10.3 Å². The van der Waals surface area contributed by atoms with Gasteiger partial charge >= 0.3 is 0 Å². The molecular weight excluding hydrogens is 311 g/mol. The molecule has 2 aromatic rings. The number of hydrogen-bond donors (Lipinski definition) is 1. The molecule has 0 radical (unpaired) electrons. The number of amides is 1. The quantitative estimate of drug-likeness (QED) is 0.940. The molecule has 0 aliphatic carbocycles. The largest absolute Gasteiger partial charge is 0.345 e. The molecule has 0 saturated heterocycles. The van der Waals surface area contributed by atoms with Gasteiger partial charge in [-0.1, -0.05) is 28.1 Å². The van der Waals surface area contributed by atoms with Crippen molar-refractivity contribution in [2.45, 2.75) is 13.0 Å². The zero-order valence-electron chi connectivity index (χ0n) is 10.2. The molecule has 1 N–H and O–H groups in total. The molecule has 1 heterocycles. The summed E-state index contributed by atoms with van der Waals surface area (Å²) in [5.41, 5.74) is 0.949. The lowest BCUT2D eigenvalue weighted by atomic mass is 10.1. The van der Waals surface area contributed by atoms with Crippen LogP contribution in [0.4, 0.5) is 4.39 Å². The first-order chi connectivity index (χ1) is 9.08. The first-order valence-corrected chi connectivity index (χ1v) is 6.53. The van der Waals surface area contributed by atoms with E-state index in [4.69, 9.17) is 0 Å². The lowest BCUT2D eigenvalue weighted by molar-refractivity contribution is 0.0935. The van der Waals surface area contributed by atoms with Gasteiger partial charge in [0.1, 0.15) is 0 Å². The number of halogens is 2. The van der Waals surface area contributed by atoms with E-state index < -0.39 is 11.7 Å². The molecule has 1 unspecified atom stereocenters. The van der Waals surface area contributed by atoms with Gasteiger partial charge in [-0.25, -0.2) is 4.39 Å². The van der Waals surface area contributed by atoms with E-state index in [-0.39, 0.29) is 11.6 Å². The second-order valence-electron chi connectivity index (χ2n) is 4.10. The van der Waals surface area contributed by atoms with Crippen molar-refractivity contribution in [2.75, 3.05) is 0 Å². The number of hydrogen-bond acceptors (Lipinski definition) is 2. The predicted molar refractivity (Wildman–Crippen MR) is 74.2 cm³/mol. The van der Waals surface area contributed by atoms with Gasteiger partial charge in [0, 0.05) is 10.7 Å². The fraction of sp³-hybridized carbons (Fsp3) is 0.143. The molecule has 0 spiro atoms. The van der Waals surface area contributed by atoms with Gasteiger partial charge in [0.25, 0.3) is 5.91 Å². The topological polar surface area (TPSA) is 42.0 Å². The van der Waals surface area contributed by atoms with Gasteiger partial charge in [-0.15, -0.1) is 0 Å². The van der Waals surface area contributed by atoms with Gasteiger partial charge in [0.15, 0.2) is 5.82 Å². The van der Waals surface area contributed by atoms with Crippen molar-refractivity contribution < 1.29 is 9.18 Å². The minimum Gasteiger partial charge on any atom is -0.345 e. The molecular formula is C14H12BrFN2O. The maximum absolute atomic E-state index is 13.4. The summed E-state index contributed by atoms with van der Waals surface area (Å²) < 4.78 is 14.4. The normalized spacial score (nSPS) is 11.9. The monoisotopic (exact) mass is 322 g/mol. The van der Waals surface area contributed by atoms with Crippen LogP contribution in [0.5, 0.6) is 0 Å². The van der Waals surface area contributed by atoms with E-state index in [0.29, 0.717) is 0 Å². The molecule has 1 aromatic carbocycles. The van der Waals surface area contributed by atoms with E-state index in [1.165, 1.54) is 12.3 Å². The molecule has 0 fully saturated rings. The summed E-state index contributed by atoms with van der Waals surface area (Å²) >= 11 is 3.35. The van der Waals surface area contributed by atoms with E-state index in [0.717, 1.165) is 16.2 Å². The minimum absolute atomic E-state index is 0.000961. The highest BCUT2D eigenvalue weighted by Crippen LogP contribution is 2.17. The Hall–Kier alpha value is -1.75. The molecule has 5 heteroatoms. The third kappa shape index (κ3) is 3.38. The average molecular weight is 323 g/mol. The number of nitrogens with one attached hydrogen (secondary N) is 1. The third-order valence-corrected chi connectivity index (χ3v) is 3.26. The zero-order chi connectivity index (χ0) is 13.8. The van der Waals surface area contributed by atoms with E-state index in [9.17, 15) is 9.18 Å². The minimum atomic E-state index is -0.622. The molecule has 1 aromatic heterocycles. The Labute approximate surface area is 119 Å². The third-order valence-electron chi connectivity index (χ3n) is 2.73. The SMILES string of the molecule is CC(NC(=O)c1ccncc1F)c1ccc(Br)cc1. The van der Waals surface area contributed by atoms with Crippen LogP contribution < -0.4 is 5.32 Å². The first-order valence-electron chi connectivity index (χ1n) is 5.74. The van der Waals surface area contributed by atoms with E-state index in [2.05, 4.69) is 26.2 Å². The van der Waals surface area contributed by atoms with Gasteiger partial charge in [-0.05, 0) is 30.7 Å². The molecule has 1 amide bonds. The molecule has 3 nitrogen and oxygen atoms in total. The average Bonchev–Trinajstić information content (AvgIpc) is 2.39. The van der Waals surface area contributed by atoms with Crippen LogP contribution >= 0.6 is 15.9 Å². The Morgan fingerprint density at radius 2 is 2.00 bits per heavy atom. The van der Waals surface area contributed by atoms with Crippen molar-refractivity contribution in [3.63, 3.8) is 0 Å². The smallest absolute Gasteiger partial charge is 0.254 e. The Bertz CT molecular complexity index is 586. The number of pyridine rings is 1. The highest BCUT2D eigenvalue weighted by molar-refractivity contribution is 9.10. The molecule has 0 bridgehead atoms. The van der Waals surface area contributed by atoms with Gasteiger partial charge < -0.3 is 5.32 Å². The summed E-state index contributed by atoms with van der Waals surface area (Å²) in [6.45, 7) is 1.85. The van der Waals surface area contributed by atoms with Gasteiger partial charge in [-0.2, -0.15) is 0 Å². The van der Waals surface area contributed by atoms with Crippen molar-refractivity contribution >= 4 is 21.8 Å². The summed E-state index contributed by atoms with van der Waals surface area (Å²) in [4.78, 5) is 15.5. The summed E-state index contributed by atoms with van der Waals surface area (Å²) in [6, 6.07) is 8.75. The molecule has 2 rings (SSSR count). The van der Waals surface area contributed by atoms with Crippen molar-refractivity contribution in [2.24, 2.45) is 0 Å². The first kappa shape index (κ1) is 13.7. The van der Waals surface area contributed by atoms with Crippen LogP contribution in [-0.2, 0) is 0 Å². The number of nitrogens with zero attached hydrogens (tertiary/aromatic N) is 1. The van der Waals surface area contributed by atoms with Crippen LogP contribution in [0.2, 0.25) is 0 Å². The summed E-state index contributed by atoms with van der Waals surface area (Å²) in [6.07, 6.45) is 2.42. The highest BCUT2D eigenvalue weighted by atomic mass is 79.9. The lowest BCUT2D eigenvalue weighted by Gasteiger charge is -2.14. The number of carbonyl (C=O) groups is 1. The van der Waals surface area contributed by atoms with E-state index in [1.807, 2.05) is 31.2 Å². The maximum atomic E-state index is 13.4. The van der Waals surface area contributed by atoms with Crippen LogP contribution in [0.15, 0.2) is 47.2 Å². The van der Waals surface area contributed by atoms with Crippen LogP contribution in [-0.4, -0.2) is 10.9 Å². The maximum Gasteiger partial charge on any atom is 0.254 e. The fourth-order valence-electron chi connectivity index (χ4n) is 1.67. The highest BCUT2D eigenvalue weighted by Gasteiger charge is 2.14. The number of rotatable bonds is 3. The van der Waals surface area contributed by atoms with Gasteiger partial charge in [0.2, 0.25) is 0 Å². The van der Waals surface area contributed by atoms with Crippen molar-refractivity contribution in [3.05, 3.63) is 64.1 Å². The Morgan fingerprint density at radius 1 is 1.32 bits per heavy atom. The number of carbonyl (C=O) groups excluding carboxylic acids is 1. The second kappa shape index (κ2) is 5.93. The lowest BCUT2D eigenvalue weighted by Crippen LogP contribution is -2.27. The molecule has 0 aliphatic rings. The molecule has 0 saturated carbocycles. The predicted octanol–water partition coefficient (Wildman–Crippen LogP) is 3.47. The molecule has 1 atom stereocenters. The van der Waals surface area contributed by atoms with Crippen molar-refractivity contribution in [3.8, 4) is 0 Å². The zero-order valence-corrected chi connectivity index (χ0v) is 11.8. The number of aromatic nitrogens is 1. The molecule has 98 valence electrons. The van der Waals surface area contributed by atoms with Gasteiger partial charge in [0.05, 0.1) is 17.8 Å². The summed E-state index contributed by atoms with van der Waals surface area (Å²) in [7, 11) is 0. The summed E-state index contributed by atoms with van der Waals surface area (Å²) in [5, 5.41) is 2.75. The molecule has 19 heavy (non-hydrogen) atoms. The van der Waals surface area contributed by atoms with E-state index in [1.54, 1.807) is 0 Å². The van der Waals surface area contributed by atoms with E-state index >= 15 is 0 Å². The Kier molecular flexibility index (Phi) is 4.27. The van der Waals surface area contributed by atoms with Crippen LogP contribution in [0.3, 0.4) is 0 Å². The Morgan fingerprint density at radius 3 is 2.63 bits per heavy atom. The summed E-state index contributed by atoms with van der Waals surface area (Å²) in [5.74, 6) is -1.07. The molecule has 0 aliphatic heterocycles. The van der Waals surface area contributed by atoms with Crippen LogP contribution in [0, 0.1) is 5.82 Å². The van der Waals surface area contributed by atoms with Crippen LogP contribution in [0.1, 0.15) is 28.9 Å². The fourth-order valence-corrected chi connectivity index (χ4v) is 1.93. The standard InChI is InChI=1S/C14H12BrFN2O/c1-9(10-2-4-11(15)5-3-10)18-14(19)12-6-7-17-8-13(12)16/h2-9H,1H3,(H,18,19). The second-order valence-corrected chi connectivity index (χ2v) is 5.02.